The first-order valence-electron chi connectivity index (χ1n) is 13.1. The Bertz CT molecular complexity index is 1260. The summed E-state index contributed by atoms with van der Waals surface area (Å²) in [6.45, 7) is 1.28. The summed E-state index contributed by atoms with van der Waals surface area (Å²) in [5.41, 5.74) is 2.02. The molecule has 1 saturated carbocycles. The topological polar surface area (TPSA) is 137 Å². The van der Waals surface area contributed by atoms with E-state index in [0.29, 0.717) is 11.5 Å². The van der Waals surface area contributed by atoms with Gasteiger partial charge in [0.15, 0.2) is 11.5 Å². The van der Waals surface area contributed by atoms with Crippen LogP contribution in [0.25, 0.3) is 22.4 Å². The third kappa shape index (κ3) is 4.62. The lowest BCUT2D eigenvalue weighted by Gasteiger charge is -2.33. The van der Waals surface area contributed by atoms with E-state index in [9.17, 15) is 20.1 Å². The molecule has 11 heteroatoms. The molecule has 37 heavy (non-hydrogen) atoms. The van der Waals surface area contributed by atoms with Crippen LogP contribution in [-0.4, -0.2) is 85.7 Å². The largest absolute Gasteiger partial charge is 0.465 e. The number of hydrogen-bond acceptors (Lipinski definition) is 8. The first-order chi connectivity index (χ1) is 18.0. The summed E-state index contributed by atoms with van der Waals surface area (Å²) in [5, 5.41) is 34.4. The molecule has 2 atom stereocenters. The van der Waals surface area contributed by atoms with Crippen LogP contribution in [0.4, 0.5) is 16.3 Å². The fourth-order valence-electron chi connectivity index (χ4n) is 5.86. The molecule has 2 unspecified atom stereocenters. The molecule has 3 aromatic rings. The van der Waals surface area contributed by atoms with E-state index in [1.165, 1.54) is 0 Å². The van der Waals surface area contributed by atoms with Crippen LogP contribution in [0, 0.1) is 0 Å². The lowest BCUT2D eigenvalue weighted by atomic mass is 9.93. The fraction of sp³-hybridized carbons (Fsp3) is 0.538. The summed E-state index contributed by atoms with van der Waals surface area (Å²) in [6.07, 6.45) is 6.20. The smallest absolute Gasteiger partial charge is 0.411 e. The molecule has 2 bridgehead atoms. The number of ether oxygens (including phenoxy) is 1. The van der Waals surface area contributed by atoms with E-state index in [1.54, 1.807) is 12.1 Å². The second-order valence-corrected chi connectivity index (χ2v) is 10.2. The number of hydrogen-bond donors (Lipinski definition) is 3. The Balaban J connectivity index is 1.41. The number of amides is 1. The standard InChI is InChI=1S/C26H32N6O5/c33-12-11-31(26(35)36)17-3-1-16(2-4-17)23-28-24(30-14-20-9-10-21(15-30)37-20)22-13-27-32(25(22)29-23)18-5-7-19(34)8-6-18/h1-4,13,18-21,33-34H,5-12,14-15H2,(H,35,36). The number of aliphatic hydroxyl groups excluding tert-OH is 2. The second-order valence-electron chi connectivity index (χ2n) is 10.2. The van der Waals surface area contributed by atoms with E-state index >= 15 is 0 Å². The van der Waals surface area contributed by atoms with Crippen molar-refractivity contribution in [1.29, 1.82) is 0 Å². The molecule has 0 spiro atoms. The van der Waals surface area contributed by atoms with Gasteiger partial charge in [0.05, 0.1) is 49.1 Å². The van der Waals surface area contributed by atoms with Crippen LogP contribution in [0.1, 0.15) is 44.6 Å². The van der Waals surface area contributed by atoms with E-state index in [-0.39, 0.29) is 37.5 Å². The molecule has 1 aliphatic carbocycles. The molecule has 3 aliphatic rings. The molecule has 11 nitrogen and oxygen atoms in total. The highest BCUT2D eigenvalue weighted by molar-refractivity contribution is 5.89. The first-order valence-corrected chi connectivity index (χ1v) is 13.1. The lowest BCUT2D eigenvalue weighted by Crippen LogP contribution is -2.43. The highest BCUT2D eigenvalue weighted by Gasteiger charge is 2.36. The Hall–Kier alpha value is -3.28. The molecule has 2 aromatic heterocycles. The zero-order valence-electron chi connectivity index (χ0n) is 20.6. The highest BCUT2D eigenvalue weighted by Crippen LogP contribution is 2.36. The van der Waals surface area contributed by atoms with Crippen molar-refractivity contribution >= 4 is 28.6 Å². The van der Waals surface area contributed by atoms with Gasteiger partial charge >= 0.3 is 6.09 Å². The van der Waals surface area contributed by atoms with Crippen LogP contribution < -0.4 is 9.80 Å². The SMILES string of the molecule is O=C(O)N(CCO)c1ccc(-c2nc(N3CC4CCC(C3)O4)c3cnn(C4CCC(O)CC4)c3n2)cc1. The van der Waals surface area contributed by atoms with E-state index < -0.39 is 6.09 Å². The summed E-state index contributed by atoms with van der Waals surface area (Å²) in [5.74, 6) is 1.40. The van der Waals surface area contributed by atoms with Crippen molar-refractivity contribution in [3.63, 3.8) is 0 Å². The molecule has 3 N–H and O–H groups in total. The maximum Gasteiger partial charge on any atom is 0.411 e. The van der Waals surface area contributed by atoms with Crippen molar-refractivity contribution in [2.45, 2.75) is 62.9 Å². The van der Waals surface area contributed by atoms with Gasteiger partial charge in [0.25, 0.3) is 0 Å². The molecular weight excluding hydrogens is 476 g/mol. The summed E-state index contributed by atoms with van der Waals surface area (Å²) in [7, 11) is 0. The Morgan fingerprint density at radius 2 is 1.73 bits per heavy atom. The average Bonchev–Trinajstić information content (AvgIpc) is 3.49. The summed E-state index contributed by atoms with van der Waals surface area (Å²) in [6, 6.07) is 7.22. The molecule has 1 aromatic carbocycles. The van der Waals surface area contributed by atoms with E-state index in [4.69, 9.17) is 19.8 Å². The Kier molecular flexibility index (Phi) is 6.43. The number of rotatable bonds is 6. The fourth-order valence-corrected chi connectivity index (χ4v) is 5.86. The molecule has 0 radical (unpaired) electrons. The number of fused-ring (bicyclic) bond motifs is 3. The van der Waals surface area contributed by atoms with Gasteiger partial charge in [-0.2, -0.15) is 5.10 Å². The van der Waals surface area contributed by atoms with Crippen LogP contribution >= 0.6 is 0 Å². The molecule has 2 saturated heterocycles. The Labute approximate surface area is 214 Å². The van der Waals surface area contributed by atoms with Gasteiger partial charge in [-0.05, 0) is 62.8 Å². The quantitative estimate of drug-likeness (QED) is 0.459. The van der Waals surface area contributed by atoms with Gasteiger partial charge in [-0.3, -0.25) is 4.90 Å². The van der Waals surface area contributed by atoms with Gasteiger partial charge in [0, 0.05) is 24.3 Å². The Morgan fingerprint density at radius 3 is 2.38 bits per heavy atom. The number of carbonyl (C=O) groups is 1. The number of carboxylic acid groups (broad SMARTS) is 1. The molecule has 3 fully saturated rings. The number of anilines is 2. The molecule has 6 rings (SSSR count). The minimum absolute atomic E-state index is 0.00405. The molecule has 2 aliphatic heterocycles. The monoisotopic (exact) mass is 508 g/mol. The van der Waals surface area contributed by atoms with Crippen LogP contribution in [0.3, 0.4) is 0 Å². The van der Waals surface area contributed by atoms with E-state index in [2.05, 4.69) is 4.90 Å². The Morgan fingerprint density at radius 1 is 1.03 bits per heavy atom. The normalized spacial score (nSPS) is 25.5. The zero-order chi connectivity index (χ0) is 25.5. The van der Waals surface area contributed by atoms with E-state index in [1.807, 2.05) is 23.0 Å². The number of benzene rings is 1. The predicted octanol–water partition coefficient (Wildman–Crippen LogP) is 2.81. The maximum atomic E-state index is 11.6. The zero-order valence-corrected chi connectivity index (χ0v) is 20.6. The molecule has 4 heterocycles. The average molecular weight is 509 g/mol. The van der Waals surface area contributed by atoms with Crippen molar-refractivity contribution in [2.24, 2.45) is 0 Å². The molecular formula is C26H32N6O5. The van der Waals surface area contributed by atoms with Gasteiger partial charge in [0.1, 0.15) is 5.82 Å². The number of aliphatic hydroxyl groups is 2. The number of nitrogens with zero attached hydrogens (tertiary/aromatic N) is 6. The van der Waals surface area contributed by atoms with Crippen molar-refractivity contribution in [1.82, 2.24) is 19.7 Å². The van der Waals surface area contributed by atoms with Gasteiger partial charge < -0.3 is 25.0 Å². The van der Waals surface area contributed by atoms with Crippen LogP contribution in [0.15, 0.2) is 30.5 Å². The summed E-state index contributed by atoms with van der Waals surface area (Å²) < 4.78 is 8.05. The number of morpholine rings is 1. The van der Waals surface area contributed by atoms with Crippen molar-refractivity contribution in [3.05, 3.63) is 30.5 Å². The van der Waals surface area contributed by atoms with Gasteiger partial charge in [-0.1, -0.05) is 0 Å². The van der Waals surface area contributed by atoms with E-state index in [0.717, 1.165) is 78.9 Å². The summed E-state index contributed by atoms with van der Waals surface area (Å²) in [4.78, 5) is 25.0. The third-order valence-corrected chi connectivity index (χ3v) is 7.78. The van der Waals surface area contributed by atoms with Crippen molar-refractivity contribution in [3.8, 4) is 11.4 Å². The van der Waals surface area contributed by atoms with Gasteiger partial charge in [-0.25, -0.2) is 19.4 Å². The predicted molar refractivity (Wildman–Crippen MR) is 137 cm³/mol. The number of aromatic nitrogens is 4. The molecule has 1 amide bonds. The van der Waals surface area contributed by atoms with Crippen LogP contribution in [0.2, 0.25) is 0 Å². The molecule has 196 valence electrons. The minimum Gasteiger partial charge on any atom is -0.465 e. The first kappa shape index (κ1) is 24.1. The maximum absolute atomic E-state index is 11.6. The van der Waals surface area contributed by atoms with Gasteiger partial charge in [-0.15, -0.1) is 0 Å². The van der Waals surface area contributed by atoms with Crippen LogP contribution in [0.5, 0.6) is 0 Å². The highest BCUT2D eigenvalue weighted by atomic mass is 16.5. The second kappa shape index (κ2) is 9.88. The summed E-state index contributed by atoms with van der Waals surface area (Å²) >= 11 is 0. The van der Waals surface area contributed by atoms with Crippen molar-refractivity contribution < 1.29 is 24.9 Å². The third-order valence-electron chi connectivity index (χ3n) is 7.78. The van der Waals surface area contributed by atoms with Gasteiger partial charge in [0.2, 0.25) is 0 Å². The van der Waals surface area contributed by atoms with Crippen LogP contribution in [-0.2, 0) is 4.74 Å². The minimum atomic E-state index is -1.12. The lowest BCUT2D eigenvalue weighted by molar-refractivity contribution is 0.0303. The van der Waals surface area contributed by atoms with Crippen molar-refractivity contribution in [2.75, 3.05) is 36.0 Å².